The Hall–Kier alpha value is -2.37. The number of likely N-dealkylation sites (N-methyl/N-ethyl adjacent to an activating group) is 1. The Morgan fingerprint density at radius 3 is 2.64 bits per heavy atom. The molecule has 1 aromatic carbocycles. The van der Waals surface area contributed by atoms with Crippen molar-refractivity contribution >= 4 is 28.9 Å². The van der Waals surface area contributed by atoms with E-state index in [1.165, 1.54) is 0 Å². The van der Waals surface area contributed by atoms with Gasteiger partial charge in [0.25, 0.3) is 0 Å². The SMILES string of the molecule is CN1C(=S)N[C@H](c2ccccn2)[C@H]1c1ccc(-c2ccc(Cl)cc2)o1. The van der Waals surface area contributed by atoms with Gasteiger partial charge in [0.05, 0.1) is 11.7 Å². The van der Waals surface area contributed by atoms with Crippen molar-refractivity contribution in [3.63, 3.8) is 0 Å². The normalized spacial score (nSPS) is 19.9. The van der Waals surface area contributed by atoms with Crippen molar-refractivity contribution in [2.75, 3.05) is 7.05 Å². The van der Waals surface area contributed by atoms with Gasteiger partial charge >= 0.3 is 0 Å². The Bertz CT molecular complexity index is 895. The molecule has 0 bridgehead atoms. The van der Waals surface area contributed by atoms with Crippen LogP contribution in [0.3, 0.4) is 0 Å². The third-order valence-corrected chi connectivity index (χ3v) is 5.04. The average Bonchev–Trinajstić information content (AvgIpc) is 3.22. The van der Waals surface area contributed by atoms with Gasteiger partial charge in [-0.1, -0.05) is 17.7 Å². The Morgan fingerprint density at radius 2 is 1.92 bits per heavy atom. The number of hydrogen-bond donors (Lipinski definition) is 1. The predicted molar refractivity (Wildman–Crippen MR) is 102 cm³/mol. The Balaban J connectivity index is 1.69. The number of nitrogens with one attached hydrogen (secondary N) is 1. The van der Waals surface area contributed by atoms with Crippen LogP contribution in [0.15, 0.2) is 65.2 Å². The highest BCUT2D eigenvalue weighted by atomic mass is 35.5. The monoisotopic (exact) mass is 369 g/mol. The van der Waals surface area contributed by atoms with E-state index >= 15 is 0 Å². The second-order valence-electron chi connectivity index (χ2n) is 5.95. The number of hydrogen-bond acceptors (Lipinski definition) is 3. The molecular weight excluding hydrogens is 354 g/mol. The number of rotatable bonds is 3. The average molecular weight is 370 g/mol. The summed E-state index contributed by atoms with van der Waals surface area (Å²) in [5.41, 5.74) is 1.92. The molecule has 0 radical (unpaired) electrons. The topological polar surface area (TPSA) is 41.3 Å². The van der Waals surface area contributed by atoms with Gasteiger partial charge < -0.3 is 14.6 Å². The van der Waals surface area contributed by atoms with Crippen LogP contribution < -0.4 is 5.32 Å². The molecule has 0 aliphatic carbocycles. The summed E-state index contributed by atoms with van der Waals surface area (Å²) in [5, 5.41) is 4.73. The van der Waals surface area contributed by atoms with Crippen LogP contribution in [0.2, 0.25) is 5.02 Å². The lowest BCUT2D eigenvalue weighted by atomic mass is 10.0. The van der Waals surface area contributed by atoms with E-state index in [1.807, 2.05) is 66.5 Å². The zero-order valence-electron chi connectivity index (χ0n) is 13.5. The van der Waals surface area contributed by atoms with Crippen LogP contribution in [0.4, 0.5) is 0 Å². The first-order chi connectivity index (χ1) is 12.1. The van der Waals surface area contributed by atoms with E-state index in [1.54, 1.807) is 6.20 Å². The number of nitrogens with zero attached hydrogens (tertiary/aromatic N) is 2. The summed E-state index contributed by atoms with van der Waals surface area (Å²) in [4.78, 5) is 6.49. The van der Waals surface area contributed by atoms with Crippen molar-refractivity contribution in [1.29, 1.82) is 0 Å². The minimum absolute atomic E-state index is 0.0524. The molecule has 1 fully saturated rings. The number of thiocarbonyl (C=S) groups is 1. The van der Waals surface area contributed by atoms with Crippen molar-refractivity contribution in [3.8, 4) is 11.3 Å². The van der Waals surface area contributed by atoms with Gasteiger partial charge in [0, 0.05) is 23.8 Å². The molecule has 3 aromatic rings. The van der Waals surface area contributed by atoms with Gasteiger partial charge in [-0.3, -0.25) is 4.98 Å². The number of pyridine rings is 1. The molecule has 2 atom stereocenters. The molecule has 25 heavy (non-hydrogen) atoms. The molecule has 1 N–H and O–H groups in total. The fourth-order valence-corrected chi connectivity index (χ4v) is 3.46. The summed E-state index contributed by atoms with van der Waals surface area (Å²) >= 11 is 11.4. The maximum absolute atomic E-state index is 6.15. The van der Waals surface area contributed by atoms with E-state index in [4.69, 9.17) is 28.2 Å². The predicted octanol–water partition coefficient (Wildman–Crippen LogP) is 4.60. The minimum atomic E-state index is -0.0529. The van der Waals surface area contributed by atoms with E-state index in [0.29, 0.717) is 10.1 Å². The highest BCUT2D eigenvalue weighted by Crippen LogP contribution is 2.39. The van der Waals surface area contributed by atoms with Crippen molar-refractivity contribution in [2.45, 2.75) is 12.1 Å². The summed E-state index contributed by atoms with van der Waals surface area (Å²) < 4.78 is 6.15. The van der Waals surface area contributed by atoms with Gasteiger partial charge in [0.2, 0.25) is 0 Å². The first-order valence-electron chi connectivity index (χ1n) is 7.93. The van der Waals surface area contributed by atoms with E-state index in [-0.39, 0.29) is 12.1 Å². The van der Waals surface area contributed by atoms with Gasteiger partial charge in [-0.15, -0.1) is 0 Å². The third kappa shape index (κ3) is 3.01. The van der Waals surface area contributed by atoms with Crippen molar-refractivity contribution in [2.24, 2.45) is 0 Å². The van der Waals surface area contributed by atoms with Gasteiger partial charge in [-0.2, -0.15) is 0 Å². The maximum Gasteiger partial charge on any atom is 0.170 e. The van der Waals surface area contributed by atoms with E-state index in [9.17, 15) is 0 Å². The first-order valence-corrected chi connectivity index (χ1v) is 8.72. The zero-order chi connectivity index (χ0) is 17.4. The molecule has 2 aromatic heterocycles. The molecule has 4 nitrogen and oxygen atoms in total. The minimum Gasteiger partial charge on any atom is -0.459 e. The van der Waals surface area contributed by atoms with Crippen LogP contribution in [0, 0.1) is 0 Å². The quantitative estimate of drug-likeness (QED) is 0.683. The molecule has 1 aliphatic heterocycles. The Labute approximate surface area is 156 Å². The largest absolute Gasteiger partial charge is 0.459 e. The van der Waals surface area contributed by atoms with Crippen LogP contribution in [0.5, 0.6) is 0 Å². The fraction of sp³-hybridized carbons (Fsp3) is 0.158. The van der Waals surface area contributed by atoms with Crippen LogP contribution >= 0.6 is 23.8 Å². The standard InChI is InChI=1S/C19H16ClN3OS/c1-23-18(17(22-19(23)25)14-4-2-3-11-21-14)16-10-9-15(24-16)12-5-7-13(20)8-6-12/h2-11,17-18H,1H3,(H,22,25)/t17-,18-/m1/s1. The second kappa shape index (κ2) is 6.50. The lowest BCUT2D eigenvalue weighted by molar-refractivity contribution is 0.310. The van der Waals surface area contributed by atoms with Gasteiger partial charge in [-0.05, 0) is 60.7 Å². The smallest absolute Gasteiger partial charge is 0.170 e. The molecule has 6 heteroatoms. The lowest BCUT2D eigenvalue weighted by Crippen LogP contribution is -2.24. The molecule has 126 valence electrons. The van der Waals surface area contributed by atoms with Crippen LogP contribution in [-0.2, 0) is 0 Å². The van der Waals surface area contributed by atoms with Crippen LogP contribution in [0.25, 0.3) is 11.3 Å². The van der Waals surface area contributed by atoms with Crippen molar-refractivity contribution < 1.29 is 4.42 Å². The highest BCUT2D eigenvalue weighted by Gasteiger charge is 2.39. The Morgan fingerprint density at radius 1 is 1.12 bits per heavy atom. The number of benzene rings is 1. The highest BCUT2D eigenvalue weighted by molar-refractivity contribution is 7.80. The molecule has 0 spiro atoms. The zero-order valence-corrected chi connectivity index (χ0v) is 15.1. The van der Waals surface area contributed by atoms with Crippen LogP contribution in [-0.4, -0.2) is 22.0 Å². The third-order valence-electron chi connectivity index (χ3n) is 4.39. The molecule has 1 aliphatic rings. The molecule has 1 saturated heterocycles. The summed E-state index contributed by atoms with van der Waals surface area (Å²) in [5.74, 6) is 1.65. The van der Waals surface area contributed by atoms with E-state index in [0.717, 1.165) is 22.8 Å². The summed E-state index contributed by atoms with van der Waals surface area (Å²) in [6, 6.07) is 17.3. The fourth-order valence-electron chi connectivity index (χ4n) is 3.10. The number of furan rings is 1. The van der Waals surface area contributed by atoms with Crippen molar-refractivity contribution in [1.82, 2.24) is 15.2 Å². The van der Waals surface area contributed by atoms with Gasteiger partial charge in [-0.25, -0.2) is 0 Å². The molecular formula is C19H16ClN3OS. The molecule has 3 heterocycles. The Kier molecular flexibility index (Phi) is 4.19. The van der Waals surface area contributed by atoms with Crippen LogP contribution in [0.1, 0.15) is 23.5 Å². The van der Waals surface area contributed by atoms with Gasteiger partial charge in [0.15, 0.2) is 5.11 Å². The summed E-state index contributed by atoms with van der Waals surface area (Å²) in [6.45, 7) is 0. The molecule has 4 rings (SSSR count). The first kappa shape index (κ1) is 16.1. The number of aromatic nitrogens is 1. The summed E-state index contributed by atoms with van der Waals surface area (Å²) in [7, 11) is 1.97. The van der Waals surface area contributed by atoms with Gasteiger partial charge in [0.1, 0.15) is 17.6 Å². The lowest BCUT2D eigenvalue weighted by Gasteiger charge is -2.21. The molecule has 0 saturated carbocycles. The van der Waals surface area contributed by atoms with Crippen molar-refractivity contribution in [3.05, 3.63) is 77.3 Å². The maximum atomic E-state index is 6.15. The summed E-state index contributed by atoms with van der Waals surface area (Å²) in [6.07, 6.45) is 1.79. The van der Waals surface area contributed by atoms with E-state index < -0.39 is 0 Å². The molecule has 0 unspecified atom stereocenters. The number of halogens is 1. The van der Waals surface area contributed by atoms with E-state index in [2.05, 4.69) is 10.3 Å². The second-order valence-corrected chi connectivity index (χ2v) is 6.77. The molecule has 0 amide bonds.